The molecule has 1 atom stereocenters. The van der Waals surface area contributed by atoms with E-state index in [1.807, 2.05) is 42.5 Å². The van der Waals surface area contributed by atoms with E-state index in [0.717, 1.165) is 54.0 Å². The second-order valence-electron chi connectivity index (χ2n) is 7.45. The number of aliphatic hydroxyl groups is 1. The lowest BCUT2D eigenvalue weighted by Gasteiger charge is -2.27. The molecule has 0 bridgehead atoms. The molecular formula is C23H25N3O2. The number of nitrogens with zero attached hydrogens (tertiary/aromatic N) is 3. The molecule has 5 nitrogen and oxygen atoms in total. The third-order valence-corrected chi connectivity index (χ3v) is 5.60. The van der Waals surface area contributed by atoms with Crippen molar-refractivity contribution in [2.24, 2.45) is 0 Å². The molecule has 2 aromatic carbocycles. The number of oxazole rings is 1. The van der Waals surface area contributed by atoms with Gasteiger partial charge in [0.1, 0.15) is 5.52 Å². The average Bonchev–Trinajstić information content (AvgIpc) is 3.01. The molecule has 0 radical (unpaired) electrons. The highest BCUT2D eigenvalue weighted by atomic mass is 16.3. The van der Waals surface area contributed by atoms with E-state index in [0.29, 0.717) is 5.56 Å². The lowest BCUT2D eigenvalue weighted by atomic mass is 10.0. The maximum atomic E-state index is 9.67. The molecule has 0 spiro atoms. The molecule has 28 heavy (non-hydrogen) atoms. The van der Waals surface area contributed by atoms with Crippen LogP contribution in [0.3, 0.4) is 0 Å². The average molecular weight is 375 g/mol. The first-order valence-electron chi connectivity index (χ1n) is 10.0. The standard InChI is InChI=1S/C23H25N3O2/c24-15-17-5-7-18(8-6-17)19-9-10-22-21(14-19)25-23(28-22)11-13-26-12-3-1-2-4-20(26)16-27/h5-10,14,20,27H,1-4,11-13,16H2/t20-/m1/s1. The number of aliphatic hydroxyl groups excluding tert-OH is 1. The lowest BCUT2D eigenvalue weighted by Crippen LogP contribution is -2.38. The number of rotatable bonds is 5. The summed E-state index contributed by atoms with van der Waals surface area (Å²) in [6, 6.07) is 16.0. The van der Waals surface area contributed by atoms with Crippen molar-refractivity contribution in [3.63, 3.8) is 0 Å². The fraction of sp³-hybridized carbons (Fsp3) is 0.391. The van der Waals surface area contributed by atoms with Crippen molar-refractivity contribution in [1.29, 1.82) is 5.26 Å². The van der Waals surface area contributed by atoms with Crippen LogP contribution in [0.1, 0.15) is 37.1 Å². The van der Waals surface area contributed by atoms with Gasteiger partial charge in [-0.1, -0.05) is 31.0 Å². The molecule has 0 aliphatic carbocycles. The summed E-state index contributed by atoms with van der Waals surface area (Å²) in [6.07, 6.45) is 5.45. The monoisotopic (exact) mass is 375 g/mol. The Hall–Kier alpha value is -2.68. The predicted molar refractivity (Wildman–Crippen MR) is 109 cm³/mol. The number of benzene rings is 2. The zero-order valence-electron chi connectivity index (χ0n) is 16.0. The van der Waals surface area contributed by atoms with Crippen LogP contribution < -0.4 is 0 Å². The quantitative estimate of drug-likeness (QED) is 0.725. The fourth-order valence-electron chi connectivity index (χ4n) is 3.98. The summed E-state index contributed by atoms with van der Waals surface area (Å²) in [4.78, 5) is 7.06. The van der Waals surface area contributed by atoms with E-state index in [1.54, 1.807) is 0 Å². The van der Waals surface area contributed by atoms with Gasteiger partial charge in [0.15, 0.2) is 11.5 Å². The Labute approximate surface area is 165 Å². The summed E-state index contributed by atoms with van der Waals surface area (Å²) >= 11 is 0. The molecule has 5 heteroatoms. The van der Waals surface area contributed by atoms with Gasteiger partial charge in [-0.15, -0.1) is 0 Å². The Bertz CT molecular complexity index is 972. The fourth-order valence-corrected chi connectivity index (χ4v) is 3.98. The third-order valence-electron chi connectivity index (χ3n) is 5.60. The van der Waals surface area contributed by atoms with Gasteiger partial charge >= 0.3 is 0 Å². The smallest absolute Gasteiger partial charge is 0.196 e. The second-order valence-corrected chi connectivity index (χ2v) is 7.45. The molecule has 1 aromatic heterocycles. The first-order chi connectivity index (χ1) is 13.8. The number of hydrogen-bond donors (Lipinski definition) is 1. The zero-order valence-corrected chi connectivity index (χ0v) is 16.0. The van der Waals surface area contributed by atoms with Gasteiger partial charge < -0.3 is 9.52 Å². The molecular weight excluding hydrogens is 350 g/mol. The molecule has 0 amide bonds. The van der Waals surface area contributed by atoms with Crippen LogP contribution >= 0.6 is 0 Å². The van der Waals surface area contributed by atoms with E-state index in [2.05, 4.69) is 16.0 Å². The van der Waals surface area contributed by atoms with Crippen LogP contribution in [-0.4, -0.2) is 40.7 Å². The number of nitriles is 1. The van der Waals surface area contributed by atoms with Gasteiger partial charge in [-0.3, -0.25) is 4.90 Å². The predicted octanol–water partition coefficient (Wildman–Crippen LogP) is 4.15. The van der Waals surface area contributed by atoms with Gasteiger partial charge in [0.25, 0.3) is 0 Å². The van der Waals surface area contributed by atoms with Gasteiger partial charge in [-0.05, 0) is 54.8 Å². The molecule has 1 aliphatic rings. The van der Waals surface area contributed by atoms with E-state index in [1.165, 1.54) is 19.3 Å². The van der Waals surface area contributed by atoms with Crippen molar-refractivity contribution in [3.8, 4) is 17.2 Å². The number of fused-ring (bicyclic) bond motifs is 1. The molecule has 0 unspecified atom stereocenters. The molecule has 0 saturated carbocycles. The first-order valence-corrected chi connectivity index (χ1v) is 10.0. The number of aromatic nitrogens is 1. The largest absolute Gasteiger partial charge is 0.441 e. The van der Waals surface area contributed by atoms with Gasteiger partial charge in [-0.2, -0.15) is 5.26 Å². The van der Waals surface area contributed by atoms with Crippen molar-refractivity contribution in [1.82, 2.24) is 9.88 Å². The van der Waals surface area contributed by atoms with Crippen molar-refractivity contribution in [2.45, 2.75) is 38.1 Å². The molecule has 1 N–H and O–H groups in total. The number of hydrogen-bond acceptors (Lipinski definition) is 5. The minimum absolute atomic E-state index is 0.224. The highest BCUT2D eigenvalue weighted by Crippen LogP contribution is 2.25. The van der Waals surface area contributed by atoms with Crippen molar-refractivity contribution in [3.05, 3.63) is 53.9 Å². The van der Waals surface area contributed by atoms with E-state index < -0.39 is 0 Å². The molecule has 2 heterocycles. The Balaban J connectivity index is 1.49. The lowest BCUT2D eigenvalue weighted by molar-refractivity contribution is 0.124. The molecule has 1 saturated heterocycles. The van der Waals surface area contributed by atoms with Crippen molar-refractivity contribution in [2.75, 3.05) is 19.7 Å². The second kappa shape index (κ2) is 8.55. The van der Waals surface area contributed by atoms with E-state index in [4.69, 9.17) is 9.68 Å². The summed E-state index contributed by atoms with van der Waals surface area (Å²) in [5, 5.41) is 18.6. The topological polar surface area (TPSA) is 73.3 Å². The van der Waals surface area contributed by atoms with Gasteiger partial charge in [0.2, 0.25) is 0 Å². The summed E-state index contributed by atoms with van der Waals surface area (Å²) in [5.41, 5.74) is 4.42. The molecule has 1 aliphatic heterocycles. The van der Waals surface area contributed by atoms with Crippen LogP contribution in [0.5, 0.6) is 0 Å². The Morgan fingerprint density at radius 3 is 2.71 bits per heavy atom. The summed E-state index contributed by atoms with van der Waals surface area (Å²) in [6.45, 7) is 2.12. The maximum Gasteiger partial charge on any atom is 0.196 e. The minimum atomic E-state index is 0.224. The van der Waals surface area contributed by atoms with Gasteiger partial charge in [0, 0.05) is 19.0 Å². The Kier molecular flexibility index (Phi) is 5.70. The van der Waals surface area contributed by atoms with Crippen LogP contribution in [0, 0.1) is 11.3 Å². The summed E-state index contributed by atoms with van der Waals surface area (Å²) in [7, 11) is 0. The van der Waals surface area contributed by atoms with Crippen LogP contribution in [0.25, 0.3) is 22.2 Å². The van der Waals surface area contributed by atoms with Crippen LogP contribution in [0.4, 0.5) is 0 Å². The highest BCUT2D eigenvalue weighted by Gasteiger charge is 2.20. The van der Waals surface area contributed by atoms with E-state index in [-0.39, 0.29) is 12.6 Å². The normalized spacial score (nSPS) is 18.1. The van der Waals surface area contributed by atoms with E-state index >= 15 is 0 Å². The van der Waals surface area contributed by atoms with Gasteiger partial charge in [0.05, 0.1) is 18.2 Å². The van der Waals surface area contributed by atoms with Crippen molar-refractivity contribution >= 4 is 11.1 Å². The molecule has 3 aromatic rings. The van der Waals surface area contributed by atoms with Gasteiger partial charge in [-0.25, -0.2) is 4.98 Å². The van der Waals surface area contributed by atoms with Crippen LogP contribution in [0.2, 0.25) is 0 Å². The third kappa shape index (κ3) is 4.09. The molecule has 1 fully saturated rings. The zero-order chi connectivity index (χ0) is 19.3. The van der Waals surface area contributed by atoms with Crippen LogP contribution in [-0.2, 0) is 6.42 Å². The number of likely N-dealkylation sites (tertiary alicyclic amines) is 1. The highest BCUT2D eigenvalue weighted by molar-refractivity contribution is 5.80. The Morgan fingerprint density at radius 1 is 1.11 bits per heavy atom. The SMILES string of the molecule is N#Cc1ccc(-c2ccc3oc(CCN4CCCCC[C@@H]4CO)nc3c2)cc1. The van der Waals surface area contributed by atoms with Crippen LogP contribution in [0.15, 0.2) is 46.9 Å². The summed E-state index contributed by atoms with van der Waals surface area (Å²) < 4.78 is 5.94. The minimum Gasteiger partial charge on any atom is -0.441 e. The summed E-state index contributed by atoms with van der Waals surface area (Å²) in [5.74, 6) is 0.743. The van der Waals surface area contributed by atoms with Crippen molar-refractivity contribution < 1.29 is 9.52 Å². The molecule has 4 rings (SSSR count). The maximum absolute atomic E-state index is 9.67. The Morgan fingerprint density at radius 2 is 1.93 bits per heavy atom. The molecule has 144 valence electrons. The van der Waals surface area contributed by atoms with E-state index in [9.17, 15) is 5.11 Å². The first kappa shape index (κ1) is 18.7.